The number of ether oxygens (including phenoxy) is 1. The van der Waals surface area contributed by atoms with Crippen LogP contribution in [0.15, 0.2) is 36.7 Å². The lowest BCUT2D eigenvalue weighted by molar-refractivity contribution is 0.414. The molecule has 2 rings (SSSR count). The van der Waals surface area contributed by atoms with Crippen LogP contribution >= 0.6 is 0 Å². The Morgan fingerprint density at radius 2 is 2.22 bits per heavy atom. The zero-order valence-electron chi connectivity index (χ0n) is 9.92. The van der Waals surface area contributed by atoms with Crippen LogP contribution in [-0.2, 0) is 6.54 Å². The summed E-state index contributed by atoms with van der Waals surface area (Å²) in [5.41, 5.74) is 1.42. The van der Waals surface area contributed by atoms with Gasteiger partial charge in [-0.25, -0.2) is 9.97 Å². The van der Waals surface area contributed by atoms with Crippen molar-refractivity contribution in [3.05, 3.63) is 47.9 Å². The Bertz CT molecular complexity index is 577. The fraction of sp³-hybridized carbons (Fsp3) is 0.154. The molecule has 0 aliphatic rings. The van der Waals surface area contributed by atoms with Gasteiger partial charge in [-0.15, -0.1) is 0 Å². The van der Waals surface area contributed by atoms with Gasteiger partial charge in [-0.05, 0) is 17.7 Å². The average Bonchev–Trinajstić information content (AvgIpc) is 2.45. The highest BCUT2D eigenvalue weighted by molar-refractivity contribution is 5.40. The SMILES string of the molecule is COc1cccc(CNc2cc(C#N)ncn2)c1. The molecule has 0 radical (unpaired) electrons. The zero-order valence-corrected chi connectivity index (χ0v) is 9.92. The van der Waals surface area contributed by atoms with Crippen molar-refractivity contribution in [3.8, 4) is 11.8 Å². The molecule has 0 spiro atoms. The monoisotopic (exact) mass is 240 g/mol. The van der Waals surface area contributed by atoms with Crippen LogP contribution in [0.3, 0.4) is 0 Å². The van der Waals surface area contributed by atoms with E-state index < -0.39 is 0 Å². The van der Waals surface area contributed by atoms with E-state index >= 15 is 0 Å². The quantitative estimate of drug-likeness (QED) is 0.884. The Kier molecular flexibility index (Phi) is 3.72. The first-order valence-electron chi connectivity index (χ1n) is 5.41. The summed E-state index contributed by atoms with van der Waals surface area (Å²) in [6.45, 7) is 0.610. The molecule has 0 bridgehead atoms. The number of hydrogen-bond acceptors (Lipinski definition) is 5. The fourth-order valence-corrected chi connectivity index (χ4v) is 1.49. The maximum atomic E-state index is 8.73. The second-order valence-corrected chi connectivity index (χ2v) is 3.61. The van der Waals surface area contributed by atoms with Gasteiger partial charge in [0.15, 0.2) is 0 Å². The van der Waals surface area contributed by atoms with Gasteiger partial charge in [-0.1, -0.05) is 12.1 Å². The number of rotatable bonds is 4. The van der Waals surface area contributed by atoms with Crippen LogP contribution in [0.2, 0.25) is 0 Å². The second kappa shape index (κ2) is 5.64. The van der Waals surface area contributed by atoms with Crippen molar-refractivity contribution in [2.45, 2.75) is 6.54 Å². The van der Waals surface area contributed by atoms with E-state index in [4.69, 9.17) is 10.00 Å². The van der Waals surface area contributed by atoms with Crippen molar-refractivity contribution in [1.29, 1.82) is 5.26 Å². The smallest absolute Gasteiger partial charge is 0.145 e. The molecular weight excluding hydrogens is 228 g/mol. The highest BCUT2D eigenvalue weighted by Crippen LogP contribution is 2.13. The number of hydrogen-bond donors (Lipinski definition) is 1. The van der Waals surface area contributed by atoms with E-state index in [1.54, 1.807) is 13.2 Å². The van der Waals surface area contributed by atoms with Crippen LogP contribution in [0.5, 0.6) is 5.75 Å². The lowest BCUT2D eigenvalue weighted by atomic mass is 10.2. The highest BCUT2D eigenvalue weighted by atomic mass is 16.5. The minimum Gasteiger partial charge on any atom is -0.497 e. The summed E-state index contributed by atoms with van der Waals surface area (Å²) in [6, 6.07) is 11.3. The predicted octanol–water partition coefficient (Wildman–Crippen LogP) is 1.97. The third-order valence-corrected chi connectivity index (χ3v) is 2.39. The van der Waals surface area contributed by atoms with Crippen LogP contribution < -0.4 is 10.1 Å². The van der Waals surface area contributed by atoms with Crippen molar-refractivity contribution in [3.63, 3.8) is 0 Å². The maximum Gasteiger partial charge on any atom is 0.145 e. The molecule has 5 nitrogen and oxygen atoms in total. The third kappa shape index (κ3) is 2.95. The lowest BCUT2D eigenvalue weighted by Crippen LogP contribution is -2.02. The van der Waals surface area contributed by atoms with E-state index in [1.807, 2.05) is 30.3 Å². The number of nitrogens with one attached hydrogen (secondary N) is 1. The Balaban J connectivity index is 2.04. The minimum atomic E-state index is 0.346. The van der Waals surface area contributed by atoms with Gasteiger partial charge in [0, 0.05) is 12.6 Å². The molecule has 0 unspecified atom stereocenters. The van der Waals surface area contributed by atoms with Crippen LogP contribution in [-0.4, -0.2) is 17.1 Å². The van der Waals surface area contributed by atoms with Crippen molar-refractivity contribution >= 4 is 5.82 Å². The molecule has 90 valence electrons. The second-order valence-electron chi connectivity index (χ2n) is 3.61. The molecule has 18 heavy (non-hydrogen) atoms. The number of nitriles is 1. The number of anilines is 1. The van der Waals surface area contributed by atoms with Gasteiger partial charge < -0.3 is 10.1 Å². The summed E-state index contributed by atoms with van der Waals surface area (Å²) in [4.78, 5) is 7.85. The van der Waals surface area contributed by atoms with E-state index in [9.17, 15) is 0 Å². The van der Waals surface area contributed by atoms with Crippen molar-refractivity contribution < 1.29 is 4.74 Å². The Labute approximate surface area is 105 Å². The molecule has 0 atom stereocenters. The Hall–Kier alpha value is -2.61. The van der Waals surface area contributed by atoms with Crippen molar-refractivity contribution in [2.75, 3.05) is 12.4 Å². The standard InChI is InChI=1S/C13H12N4O/c1-18-12-4-2-3-10(5-12)8-15-13-6-11(7-14)16-9-17-13/h2-6,9H,8H2,1H3,(H,15,16,17). The van der Waals surface area contributed by atoms with Crippen LogP contribution in [0, 0.1) is 11.3 Å². The van der Waals surface area contributed by atoms with E-state index in [0.29, 0.717) is 18.1 Å². The molecule has 0 aliphatic carbocycles. The summed E-state index contributed by atoms with van der Waals surface area (Å²) in [7, 11) is 1.64. The molecular formula is C13H12N4O. The number of benzene rings is 1. The van der Waals surface area contributed by atoms with Gasteiger partial charge in [0.05, 0.1) is 7.11 Å². The topological polar surface area (TPSA) is 70.8 Å². The first-order chi connectivity index (χ1) is 8.81. The molecule has 1 heterocycles. The van der Waals surface area contributed by atoms with E-state index in [-0.39, 0.29) is 0 Å². The van der Waals surface area contributed by atoms with Gasteiger partial charge in [0.25, 0.3) is 0 Å². The molecule has 0 aliphatic heterocycles. The summed E-state index contributed by atoms with van der Waals surface area (Å²) >= 11 is 0. The van der Waals surface area contributed by atoms with E-state index in [0.717, 1.165) is 11.3 Å². The van der Waals surface area contributed by atoms with Crippen LogP contribution in [0.1, 0.15) is 11.3 Å². The fourth-order valence-electron chi connectivity index (χ4n) is 1.49. The predicted molar refractivity (Wildman–Crippen MR) is 67.1 cm³/mol. The first-order valence-corrected chi connectivity index (χ1v) is 5.41. The summed E-state index contributed by atoms with van der Waals surface area (Å²) in [5.74, 6) is 1.44. The Morgan fingerprint density at radius 1 is 1.33 bits per heavy atom. The number of nitrogens with zero attached hydrogens (tertiary/aromatic N) is 3. The molecule has 1 aromatic carbocycles. The van der Waals surface area contributed by atoms with E-state index in [2.05, 4.69) is 15.3 Å². The van der Waals surface area contributed by atoms with Gasteiger partial charge in [-0.2, -0.15) is 5.26 Å². The number of aromatic nitrogens is 2. The molecule has 0 saturated carbocycles. The summed E-state index contributed by atoms with van der Waals surface area (Å²) in [5, 5.41) is 11.9. The van der Waals surface area contributed by atoms with Crippen molar-refractivity contribution in [2.24, 2.45) is 0 Å². The van der Waals surface area contributed by atoms with Crippen molar-refractivity contribution in [1.82, 2.24) is 9.97 Å². The molecule has 0 saturated heterocycles. The number of methoxy groups -OCH3 is 1. The lowest BCUT2D eigenvalue weighted by Gasteiger charge is -2.07. The summed E-state index contributed by atoms with van der Waals surface area (Å²) in [6.07, 6.45) is 1.37. The van der Waals surface area contributed by atoms with E-state index in [1.165, 1.54) is 6.33 Å². The maximum absolute atomic E-state index is 8.73. The van der Waals surface area contributed by atoms with Crippen LogP contribution in [0.25, 0.3) is 0 Å². The minimum absolute atomic E-state index is 0.346. The van der Waals surface area contributed by atoms with Gasteiger partial charge in [0.2, 0.25) is 0 Å². The average molecular weight is 240 g/mol. The van der Waals surface area contributed by atoms with Gasteiger partial charge in [0.1, 0.15) is 29.7 Å². The molecule has 0 amide bonds. The molecule has 5 heteroatoms. The van der Waals surface area contributed by atoms with Gasteiger partial charge >= 0.3 is 0 Å². The van der Waals surface area contributed by atoms with Gasteiger partial charge in [-0.3, -0.25) is 0 Å². The van der Waals surface area contributed by atoms with Crippen LogP contribution in [0.4, 0.5) is 5.82 Å². The molecule has 0 fully saturated rings. The highest BCUT2D eigenvalue weighted by Gasteiger charge is 1.99. The first kappa shape index (κ1) is 11.9. The third-order valence-electron chi connectivity index (χ3n) is 2.39. The normalized spacial score (nSPS) is 9.56. The summed E-state index contributed by atoms with van der Waals surface area (Å²) < 4.78 is 5.15. The Morgan fingerprint density at radius 3 is 3.00 bits per heavy atom. The molecule has 1 N–H and O–H groups in total. The molecule has 2 aromatic rings. The zero-order chi connectivity index (χ0) is 12.8. The largest absolute Gasteiger partial charge is 0.497 e. The molecule has 1 aromatic heterocycles.